The van der Waals surface area contributed by atoms with Gasteiger partial charge in [-0.3, -0.25) is 10.2 Å². The smallest absolute Gasteiger partial charge is 0.336 e. The molecule has 3 aromatic carbocycles. The van der Waals surface area contributed by atoms with Gasteiger partial charge in [0.05, 0.1) is 12.2 Å². The summed E-state index contributed by atoms with van der Waals surface area (Å²) in [5.74, 6) is -0.586. The second-order valence-electron chi connectivity index (χ2n) is 8.03. The Labute approximate surface area is 192 Å². The first-order valence-electron chi connectivity index (χ1n) is 10.6. The highest BCUT2D eigenvalue weighted by atomic mass is 16.5. The van der Waals surface area contributed by atoms with Crippen molar-refractivity contribution in [2.75, 3.05) is 11.9 Å². The summed E-state index contributed by atoms with van der Waals surface area (Å²) in [5, 5.41) is 20.1. The van der Waals surface area contributed by atoms with Gasteiger partial charge in [-0.1, -0.05) is 32.0 Å². The topological polar surface area (TPSA) is 126 Å². The molecule has 5 N–H and O–H groups in total. The van der Waals surface area contributed by atoms with Crippen molar-refractivity contribution in [3.8, 4) is 16.9 Å². The number of carboxylic acids is 1. The number of benzene rings is 3. The fourth-order valence-corrected chi connectivity index (χ4v) is 3.28. The van der Waals surface area contributed by atoms with E-state index >= 15 is 0 Å². The molecule has 0 radical (unpaired) electrons. The molecule has 0 bridgehead atoms. The molecule has 0 aromatic heterocycles. The highest BCUT2D eigenvalue weighted by molar-refractivity contribution is 6.10. The normalized spacial score (nSPS) is 10.6. The highest BCUT2D eigenvalue weighted by Gasteiger charge is 2.19. The summed E-state index contributed by atoms with van der Waals surface area (Å²) in [6, 6.07) is 18.3. The molecule has 33 heavy (non-hydrogen) atoms. The van der Waals surface area contributed by atoms with Crippen molar-refractivity contribution in [1.29, 1.82) is 5.41 Å². The predicted octanol–water partition coefficient (Wildman–Crippen LogP) is 5.01. The van der Waals surface area contributed by atoms with Gasteiger partial charge in [0.2, 0.25) is 0 Å². The summed E-state index contributed by atoms with van der Waals surface area (Å²) in [6.07, 6.45) is 0.862. The number of hydrogen-bond donors (Lipinski definition) is 4. The summed E-state index contributed by atoms with van der Waals surface area (Å²) in [5.41, 5.74) is 7.88. The molecule has 0 fully saturated rings. The van der Waals surface area contributed by atoms with Crippen LogP contribution in [-0.2, 0) is 0 Å². The van der Waals surface area contributed by atoms with E-state index in [0.29, 0.717) is 46.2 Å². The zero-order valence-electron chi connectivity index (χ0n) is 18.6. The third kappa shape index (κ3) is 5.98. The number of carbonyl (C=O) groups is 2. The molecule has 3 aromatic rings. The van der Waals surface area contributed by atoms with Gasteiger partial charge >= 0.3 is 5.97 Å². The maximum Gasteiger partial charge on any atom is 0.336 e. The van der Waals surface area contributed by atoms with Crippen LogP contribution in [-0.4, -0.2) is 29.4 Å². The van der Waals surface area contributed by atoms with E-state index < -0.39 is 5.97 Å². The van der Waals surface area contributed by atoms with Crippen LogP contribution in [0.2, 0.25) is 0 Å². The molecule has 3 rings (SSSR count). The minimum atomic E-state index is -1.10. The predicted molar refractivity (Wildman–Crippen MR) is 129 cm³/mol. The summed E-state index contributed by atoms with van der Waals surface area (Å²) >= 11 is 0. The molecular formula is C26H27N3O4. The van der Waals surface area contributed by atoms with Crippen LogP contribution in [0.15, 0.2) is 66.7 Å². The second kappa shape index (κ2) is 10.5. The lowest BCUT2D eigenvalue weighted by molar-refractivity contribution is 0.0696. The standard InChI is InChI=1S/C26H27N3O4/c1-16(2)13-14-33-19-11-12-21(23(15-19)26(31)32)20-5-3-4-6-22(20)25(30)29-18-9-7-17(8-10-18)24(27)28/h3-12,15-16H,13-14H2,1-2H3,(H3,27,28)(H,29,30)(H,31,32). The SMILES string of the molecule is CC(C)CCOc1ccc(-c2ccccc2C(=O)Nc2ccc(C(=N)N)cc2)c(C(=O)O)c1. The molecule has 0 heterocycles. The molecule has 0 aliphatic heterocycles. The molecular weight excluding hydrogens is 418 g/mol. The Kier molecular flexibility index (Phi) is 7.46. The quantitative estimate of drug-likeness (QED) is 0.272. The van der Waals surface area contributed by atoms with Crippen molar-refractivity contribution in [2.24, 2.45) is 11.7 Å². The number of anilines is 1. The van der Waals surface area contributed by atoms with Crippen LogP contribution >= 0.6 is 0 Å². The Hall–Kier alpha value is -4.13. The number of nitrogens with two attached hydrogens (primary N) is 1. The monoisotopic (exact) mass is 445 g/mol. The van der Waals surface area contributed by atoms with Crippen molar-refractivity contribution in [3.05, 3.63) is 83.4 Å². The van der Waals surface area contributed by atoms with Crippen molar-refractivity contribution in [1.82, 2.24) is 0 Å². The molecule has 0 saturated carbocycles. The number of carbonyl (C=O) groups excluding carboxylic acids is 1. The minimum Gasteiger partial charge on any atom is -0.494 e. The van der Waals surface area contributed by atoms with Gasteiger partial charge in [0.1, 0.15) is 11.6 Å². The van der Waals surface area contributed by atoms with Crippen LogP contribution in [0, 0.1) is 11.3 Å². The average molecular weight is 446 g/mol. The molecule has 7 heteroatoms. The number of amidine groups is 1. The average Bonchev–Trinajstić information content (AvgIpc) is 2.79. The summed E-state index contributed by atoms with van der Waals surface area (Å²) < 4.78 is 5.72. The van der Waals surface area contributed by atoms with Crippen molar-refractivity contribution in [2.45, 2.75) is 20.3 Å². The zero-order valence-corrected chi connectivity index (χ0v) is 18.6. The lowest BCUT2D eigenvalue weighted by Crippen LogP contribution is -2.15. The molecule has 0 unspecified atom stereocenters. The third-order valence-electron chi connectivity index (χ3n) is 5.10. The first-order valence-corrected chi connectivity index (χ1v) is 10.6. The maximum absolute atomic E-state index is 13.0. The van der Waals surface area contributed by atoms with E-state index in [9.17, 15) is 14.7 Å². The Morgan fingerprint density at radius 2 is 1.67 bits per heavy atom. The van der Waals surface area contributed by atoms with Gasteiger partial charge in [0.25, 0.3) is 5.91 Å². The van der Waals surface area contributed by atoms with E-state index in [1.165, 1.54) is 6.07 Å². The van der Waals surface area contributed by atoms with Crippen molar-refractivity contribution < 1.29 is 19.4 Å². The van der Waals surface area contributed by atoms with E-state index in [-0.39, 0.29) is 17.3 Å². The second-order valence-corrected chi connectivity index (χ2v) is 8.03. The van der Waals surface area contributed by atoms with Gasteiger partial charge in [0, 0.05) is 16.8 Å². The number of nitrogen functional groups attached to an aromatic ring is 1. The fraction of sp³-hybridized carbons (Fsp3) is 0.192. The summed E-state index contributed by atoms with van der Waals surface area (Å²) in [6.45, 7) is 4.68. The van der Waals surface area contributed by atoms with Crippen LogP contribution in [0.1, 0.15) is 46.5 Å². The molecule has 0 aliphatic rings. The molecule has 0 saturated heterocycles. The van der Waals surface area contributed by atoms with Gasteiger partial charge in [-0.05, 0) is 72.0 Å². The number of ether oxygens (including phenoxy) is 1. The van der Waals surface area contributed by atoms with E-state index in [1.54, 1.807) is 60.7 Å². The zero-order chi connectivity index (χ0) is 24.0. The Balaban J connectivity index is 1.90. The van der Waals surface area contributed by atoms with Crippen LogP contribution < -0.4 is 15.8 Å². The molecule has 7 nitrogen and oxygen atoms in total. The van der Waals surface area contributed by atoms with Crippen LogP contribution in [0.3, 0.4) is 0 Å². The van der Waals surface area contributed by atoms with E-state index in [1.807, 2.05) is 0 Å². The number of nitrogens with one attached hydrogen (secondary N) is 2. The molecule has 0 atom stereocenters. The van der Waals surface area contributed by atoms with E-state index in [4.69, 9.17) is 15.9 Å². The lowest BCUT2D eigenvalue weighted by atomic mass is 9.94. The largest absolute Gasteiger partial charge is 0.494 e. The van der Waals surface area contributed by atoms with Crippen LogP contribution in [0.25, 0.3) is 11.1 Å². The van der Waals surface area contributed by atoms with Crippen LogP contribution in [0.5, 0.6) is 5.75 Å². The third-order valence-corrected chi connectivity index (χ3v) is 5.10. The van der Waals surface area contributed by atoms with Crippen molar-refractivity contribution >= 4 is 23.4 Å². The first kappa shape index (κ1) is 23.5. The Bertz CT molecular complexity index is 1170. The number of rotatable bonds is 9. The molecule has 0 aliphatic carbocycles. The van der Waals surface area contributed by atoms with E-state index in [0.717, 1.165) is 6.42 Å². The highest BCUT2D eigenvalue weighted by Crippen LogP contribution is 2.31. The van der Waals surface area contributed by atoms with Gasteiger partial charge in [-0.25, -0.2) is 4.79 Å². The lowest BCUT2D eigenvalue weighted by Gasteiger charge is -2.14. The number of aromatic carboxylic acids is 1. The first-order chi connectivity index (χ1) is 15.8. The van der Waals surface area contributed by atoms with Gasteiger partial charge in [-0.15, -0.1) is 0 Å². The molecule has 0 spiro atoms. The summed E-state index contributed by atoms with van der Waals surface area (Å²) in [7, 11) is 0. The van der Waals surface area contributed by atoms with Gasteiger partial charge in [0.15, 0.2) is 0 Å². The number of amides is 1. The Morgan fingerprint density at radius 1 is 1.00 bits per heavy atom. The fourth-order valence-electron chi connectivity index (χ4n) is 3.28. The van der Waals surface area contributed by atoms with Crippen LogP contribution in [0.4, 0.5) is 5.69 Å². The minimum absolute atomic E-state index is 0.0584. The summed E-state index contributed by atoms with van der Waals surface area (Å²) in [4.78, 5) is 25.0. The van der Waals surface area contributed by atoms with Gasteiger partial charge in [-0.2, -0.15) is 0 Å². The van der Waals surface area contributed by atoms with E-state index in [2.05, 4.69) is 19.2 Å². The number of carboxylic acid groups (broad SMARTS) is 1. The van der Waals surface area contributed by atoms with Gasteiger partial charge < -0.3 is 20.9 Å². The Morgan fingerprint density at radius 3 is 2.30 bits per heavy atom. The number of hydrogen-bond acceptors (Lipinski definition) is 4. The van der Waals surface area contributed by atoms with Crippen molar-refractivity contribution in [3.63, 3.8) is 0 Å². The molecule has 1 amide bonds. The maximum atomic E-state index is 13.0. The molecule has 170 valence electrons.